The first-order chi connectivity index (χ1) is 17.5. The van der Waals surface area contributed by atoms with Gasteiger partial charge < -0.3 is 25.9 Å². The Bertz CT molecular complexity index is 1090. The van der Waals surface area contributed by atoms with Crippen LogP contribution in [0.1, 0.15) is 50.3 Å². The van der Waals surface area contributed by atoms with Gasteiger partial charge in [0.05, 0.1) is 17.5 Å². The monoisotopic (exact) mass is 490 g/mol. The Kier molecular flexibility index (Phi) is 7.53. The summed E-state index contributed by atoms with van der Waals surface area (Å²) in [6.07, 6.45) is 8.96. The van der Waals surface area contributed by atoms with Gasteiger partial charge in [-0.3, -0.25) is 4.90 Å². The van der Waals surface area contributed by atoms with Crippen LogP contribution in [0.3, 0.4) is 0 Å². The molecule has 1 aromatic heterocycles. The van der Waals surface area contributed by atoms with Gasteiger partial charge in [0.1, 0.15) is 6.29 Å². The lowest BCUT2D eigenvalue weighted by atomic mass is 9.85. The Morgan fingerprint density at radius 2 is 1.86 bits per heavy atom. The number of carbonyl (C=O) groups excluding carboxylic acids is 1. The smallest absolute Gasteiger partial charge is 0.227 e. The minimum Gasteiger partial charge on any atom is -0.512 e. The van der Waals surface area contributed by atoms with Gasteiger partial charge in [-0.1, -0.05) is 19.8 Å². The van der Waals surface area contributed by atoms with Crippen molar-refractivity contribution in [3.63, 3.8) is 0 Å². The van der Waals surface area contributed by atoms with Crippen LogP contribution in [0.2, 0.25) is 0 Å². The van der Waals surface area contributed by atoms with Crippen molar-refractivity contribution in [2.24, 2.45) is 17.6 Å². The zero-order chi connectivity index (χ0) is 25.1. The van der Waals surface area contributed by atoms with E-state index in [-0.39, 0.29) is 5.92 Å². The third kappa shape index (κ3) is 5.39. The summed E-state index contributed by atoms with van der Waals surface area (Å²) in [5, 5.41) is 14.0. The maximum absolute atomic E-state index is 10.9. The standard InChI is InChI=1S/C28H38N6O2/c1-19(24(29)18-35)17-33-12-14-34(15-13-33)23-9-7-22(8-10-23)31-28-30-16-21-6-11-25(36)26(27(21)32-28)20-4-2-3-5-20/h7-10,16,18-20,24,36H,2-6,11-15,17,29H2,1H3,(H,30,31,32). The fraction of sp³-hybridized carbons (Fsp3) is 0.536. The number of nitrogens with zero attached hydrogens (tertiary/aromatic N) is 4. The second-order valence-corrected chi connectivity index (χ2v) is 10.6. The topological polar surface area (TPSA) is 108 Å². The third-order valence-electron chi connectivity index (χ3n) is 8.05. The van der Waals surface area contributed by atoms with Crippen LogP contribution in [-0.2, 0) is 11.2 Å². The van der Waals surface area contributed by atoms with Gasteiger partial charge >= 0.3 is 0 Å². The number of aryl methyl sites for hydroxylation is 1. The lowest BCUT2D eigenvalue weighted by molar-refractivity contribution is -0.109. The van der Waals surface area contributed by atoms with E-state index in [0.29, 0.717) is 24.0 Å². The minimum atomic E-state index is -0.391. The molecular formula is C28H38N6O2. The highest BCUT2D eigenvalue weighted by molar-refractivity contribution is 5.72. The summed E-state index contributed by atoms with van der Waals surface area (Å²) in [5.74, 6) is 1.67. The van der Waals surface area contributed by atoms with E-state index in [1.54, 1.807) is 0 Å². The van der Waals surface area contributed by atoms with Crippen molar-refractivity contribution < 1.29 is 9.90 Å². The largest absolute Gasteiger partial charge is 0.512 e. The molecule has 8 heteroatoms. The molecule has 8 nitrogen and oxygen atoms in total. The minimum absolute atomic E-state index is 0.166. The SMILES string of the molecule is CC(CN1CCN(c2ccc(Nc3ncc4c(n3)C(C3CCCC3)=C(O)CC4)cc2)CC1)C(N)C=O. The number of aliphatic hydroxyl groups excluding tert-OH is 1. The Morgan fingerprint density at radius 3 is 2.56 bits per heavy atom. The highest BCUT2D eigenvalue weighted by Crippen LogP contribution is 2.42. The fourth-order valence-corrected chi connectivity index (χ4v) is 5.79. The van der Waals surface area contributed by atoms with Crippen LogP contribution in [-0.4, -0.2) is 65.0 Å². The van der Waals surface area contributed by atoms with Crippen LogP contribution in [0.25, 0.3) is 5.57 Å². The van der Waals surface area contributed by atoms with Crippen molar-refractivity contribution in [1.82, 2.24) is 14.9 Å². The van der Waals surface area contributed by atoms with Crippen LogP contribution in [0, 0.1) is 11.8 Å². The molecule has 2 atom stereocenters. The average molecular weight is 491 g/mol. The molecule has 0 spiro atoms. The molecule has 0 radical (unpaired) electrons. The summed E-state index contributed by atoms with van der Waals surface area (Å²) in [6, 6.07) is 8.02. The number of rotatable bonds is 8. The van der Waals surface area contributed by atoms with Crippen LogP contribution in [0.5, 0.6) is 0 Å². The van der Waals surface area contributed by atoms with Crippen molar-refractivity contribution in [1.29, 1.82) is 0 Å². The zero-order valence-corrected chi connectivity index (χ0v) is 21.2. The summed E-state index contributed by atoms with van der Waals surface area (Å²) in [5.41, 5.74) is 11.1. The Balaban J connectivity index is 1.21. The third-order valence-corrected chi connectivity index (χ3v) is 8.05. The van der Waals surface area contributed by atoms with Gasteiger partial charge in [0.25, 0.3) is 0 Å². The highest BCUT2D eigenvalue weighted by atomic mass is 16.3. The second kappa shape index (κ2) is 11.0. The van der Waals surface area contributed by atoms with Crippen molar-refractivity contribution >= 4 is 29.2 Å². The predicted molar refractivity (Wildman–Crippen MR) is 143 cm³/mol. The molecule has 2 unspecified atom stereocenters. The van der Waals surface area contributed by atoms with Crippen molar-refractivity contribution in [3.8, 4) is 0 Å². The number of aliphatic hydroxyl groups is 1. The summed E-state index contributed by atoms with van der Waals surface area (Å²) in [4.78, 5) is 25.1. The number of nitrogens with one attached hydrogen (secondary N) is 1. The maximum Gasteiger partial charge on any atom is 0.227 e. The summed E-state index contributed by atoms with van der Waals surface area (Å²) >= 11 is 0. The first-order valence-corrected chi connectivity index (χ1v) is 13.4. The Hall–Kier alpha value is -2.97. The van der Waals surface area contributed by atoms with E-state index in [2.05, 4.69) is 44.4 Å². The number of nitrogens with two attached hydrogens (primary N) is 1. The number of allylic oxidation sites excluding steroid dienone is 2. The Labute approximate surface area is 213 Å². The van der Waals surface area contributed by atoms with Gasteiger partial charge in [0.15, 0.2) is 0 Å². The number of hydrogen-bond donors (Lipinski definition) is 3. The number of aromatic nitrogens is 2. The lowest BCUT2D eigenvalue weighted by Crippen LogP contribution is -2.49. The average Bonchev–Trinajstić information content (AvgIpc) is 3.43. The molecule has 36 heavy (non-hydrogen) atoms. The molecule has 2 aliphatic carbocycles. The normalized spacial score (nSPS) is 20.8. The van der Waals surface area contributed by atoms with E-state index in [1.807, 2.05) is 13.1 Å². The van der Waals surface area contributed by atoms with Gasteiger partial charge in [0.2, 0.25) is 5.95 Å². The van der Waals surface area contributed by atoms with E-state index in [0.717, 1.165) is 80.8 Å². The molecule has 0 bridgehead atoms. The van der Waals surface area contributed by atoms with Gasteiger partial charge in [0, 0.05) is 62.3 Å². The number of fused-ring (bicyclic) bond motifs is 1. The first kappa shape index (κ1) is 24.7. The fourth-order valence-electron chi connectivity index (χ4n) is 5.79. The van der Waals surface area contributed by atoms with E-state index < -0.39 is 6.04 Å². The van der Waals surface area contributed by atoms with Gasteiger partial charge in [-0.2, -0.15) is 0 Å². The van der Waals surface area contributed by atoms with Crippen LogP contribution >= 0.6 is 0 Å². The summed E-state index contributed by atoms with van der Waals surface area (Å²) < 4.78 is 0. The van der Waals surface area contributed by atoms with Gasteiger partial charge in [-0.15, -0.1) is 0 Å². The number of benzene rings is 1. The molecule has 4 N–H and O–H groups in total. The molecule has 192 valence electrons. The highest BCUT2D eigenvalue weighted by Gasteiger charge is 2.29. The molecule has 1 saturated heterocycles. The van der Waals surface area contributed by atoms with Crippen LogP contribution < -0.4 is 16.0 Å². The molecule has 3 aliphatic rings. The molecule has 1 aromatic carbocycles. The molecule has 5 rings (SSSR count). The number of hydrogen-bond acceptors (Lipinski definition) is 8. The number of aldehydes is 1. The van der Waals surface area contributed by atoms with Crippen LogP contribution in [0.15, 0.2) is 36.2 Å². The predicted octanol–water partition coefficient (Wildman–Crippen LogP) is 3.91. The lowest BCUT2D eigenvalue weighted by Gasteiger charge is -2.37. The molecule has 2 heterocycles. The quantitative estimate of drug-likeness (QED) is 0.478. The van der Waals surface area contributed by atoms with Gasteiger partial charge in [-0.25, -0.2) is 9.97 Å². The van der Waals surface area contributed by atoms with E-state index >= 15 is 0 Å². The number of carbonyl (C=O) groups is 1. The van der Waals surface area contributed by atoms with Crippen molar-refractivity contribution in [2.75, 3.05) is 42.9 Å². The van der Waals surface area contributed by atoms with Crippen LogP contribution in [0.4, 0.5) is 17.3 Å². The van der Waals surface area contributed by atoms with E-state index in [4.69, 9.17) is 10.7 Å². The van der Waals surface area contributed by atoms with Gasteiger partial charge in [-0.05, 0) is 60.9 Å². The molecule has 2 fully saturated rings. The van der Waals surface area contributed by atoms with Crippen molar-refractivity contribution in [2.45, 2.75) is 51.5 Å². The molecule has 2 aromatic rings. The number of anilines is 3. The maximum atomic E-state index is 10.9. The van der Waals surface area contributed by atoms with Crippen molar-refractivity contribution in [3.05, 3.63) is 47.5 Å². The zero-order valence-electron chi connectivity index (χ0n) is 21.2. The van der Waals surface area contributed by atoms with E-state index in [1.165, 1.54) is 18.5 Å². The summed E-state index contributed by atoms with van der Waals surface area (Å²) in [6.45, 7) is 6.71. The van der Waals surface area contributed by atoms with E-state index in [9.17, 15) is 9.90 Å². The molecular weight excluding hydrogens is 452 g/mol. The summed E-state index contributed by atoms with van der Waals surface area (Å²) in [7, 11) is 0. The number of piperazine rings is 1. The first-order valence-electron chi connectivity index (χ1n) is 13.4. The Morgan fingerprint density at radius 1 is 1.14 bits per heavy atom. The molecule has 1 aliphatic heterocycles. The molecule has 1 saturated carbocycles. The molecule has 0 amide bonds. The second-order valence-electron chi connectivity index (χ2n) is 10.6.